The van der Waals surface area contributed by atoms with E-state index in [1.54, 1.807) is 24.0 Å². The molecule has 7 heteroatoms. The van der Waals surface area contributed by atoms with E-state index in [9.17, 15) is 9.59 Å². The Morgan fingerprint density at radius 1 is 0.967 bits per heavy atom. The molecule has 30 heavy (non-hydrogen) atoms. The van der Waals surface area contributed by atoms with Crippen LogP contribution in [0.15, 0.2) is 48.5 Å². The van der Waals surface area contributed by atoms with Gasteiger partial charge in [0.05, 0.1) is 21.3 Å². The maximum absolute atomic E-state index is 12.7. The van der Waals surface area contributed by atoms with Crippen molar-refractivity contribution >= 4 is 23.6 Å². The number of methoxy groups -OCH3 is 3. The molecule has 1 amide bonds. The maximum Gasteiger partial charge on any atom is 0.331 e. The topological polar surface area (TPSA) is 74.3 Å². The van der Waals surface area contributed by atoms with Crippen LogP contribution < -0.4 is 19.1 Å². The molecule has 0 aliphatic carbocycles. The zero-order chi connectivity index (χ0) is 22.1. The van der Waals surface area contributed by atoms with Gasteiger partial charge in [-0.15, -0.1) is 0 Å². The Kier molecular flexibility index (Phi) is 8.29. The summed E-state index contributed by atoms with van der Waals surface area (Å²) in [6.07, 6.45) is 1.84. The third kappa shape index (κ3) is 5.53. The number of benzene rings is 2. The molecule has 0 spiro atoms. The van der Waals surface area contributed by atoms with Gasteiger partial charge in [0.2, 0.25) is 0 Å². The fraction of sp³-hybridized carbons (Fsp3) is 0.304. The minimum absolute atomic E-state index is 0.297. The normalized spacial score (nSPS) is 11.6. The van der Waals surface area contributed by atoms with Crippen LogP contribution in [0, 0.1) is 0 Å². The summed E-state index contributed by atoms with van der Waals surface area (Å²) in [5, 5.41) is 0. The van der Waals surface area contributed by atoms with E-state index in [0.717, 1.165) is 5.69 Å². The average molecular weight is 413 g/mol. The average Bonchev–Trinajstić information content (AvgIpc) is 2.78. The number of para-hydroxylation sites is 1. The first-order valence-corrected chi connectivity index (χ1v) is 9.50. The monoisotopic (exact) mass is 413 g/mol. The van der Waals surface area contributed by atoms with E-state index >= 15 is 0 Å². The summed E-state index contributed by atoms with van der Waals surface area (Å²) < 4.78 is 21.2. The maximum atomic E-state index is 12.7. The zero-order valence-corrected chi connectivity index (χ0v) is 17.9. The lowest BCUT2D eigenvalue weighted by molar-refractivity contribution is -0.149. The number of carbonyl (C=O) groups is 2. The van der Waals surface area contributed by atoms with Gasteiger partial charge < -0.3 is 23.8 Å². The number of ether oxygens (including phenoxy) is 4. The van der Waals surface area contributed by atoms with Gasteiger partial charge in [0.1, 0.15) is 5.75 Å². The lowest BCUT2D eigenvalue weighted by atomic mass is 10.1. The molecule has 1 atom stereocenters. The summed E-state index contributed by atoms with van der Waals surface area (Å²) in [6.45, 7) is 3.88. The molecular weight excluding hydrogens is 386 g/mol. The second-order valence-electron chi connectivity index (χ2n) is 6.28. The van der Waals surface area contributed by atoms with Gasteiger partial charge in [-0.3, -0.25) is 4.79 Å². The number of hydrogen-bond donors (Lipinski definition) is 0. The van der Waals surface area contributed by atoms with Crippen LogP contribution in [0.2, 0.25) is 0 Å². The summed E-state index contributed by atoms with van der Waals surface area (Å²) in [6, 6.07) is 12.6. The summed E-state index contributed by atoms with van der Waals surface area (Å²) in [7, 11) is 4.56. The van der Waals surface area contributed by atoms with E-state index in [4.69, 9.17) is 18.9 Å². The summed E-state index contributed by atoms with van der Waals surface area (Å²) in [4.78, 5) is 26.6. The third-order valence-corrected chi connectivity index (χ3v) is 4.43. The van der Waals surface area contributed by atoms with Crippen LogP contribution in [-0.4, -0.2) is 45.9 Å². The van der Waals surface area contributed by atoms with Crippen LogP contribution in [0.3, 0.4) is 0 Å². The first-order chi connectivity index (χ1) is 14.4. The molecule has 0 saturated carbocycles. The van der Waals surface area contributed by atoms with Crippen molar-refractivity contribution in [3.63, 3.8) is 0 Å². The number of carbonyl (C=O) groups excluding carboxylic acids is 2. The van der Waals surface area contributed by atoms with E-state index in [-0.39, 0.29) is 5.91 Å². The molecule has 0 aliphatic rings. The first-order valence-electron chi connectivity index (χ1n) is 9.50. The summed E-state index contributed by atoms with van der Waals surface area (Å²) >= 11 is 0. The Labute approximate surface area is 176 Å². The van der Waals surface area contributed by atoms with Crippen molar-refractivity contribution in [2.24, 2.45) is 0 Å². The molecule has 7 nitrogen and oxygen atoms in total. The standard InChI is InChI=1S/C23H27NO6/c1-6-24(18-10-8-7-9-11-18)23(26)16(2)30-22(25)13-12-17-14-20(28-4)21(29-5)15-19(17)27-3/h7-16H,6H2,1-5H3/b13-12+/t16-/m1/s1. The first kappa shape index (κ1) is 22.8. The lowest BCUT2D eigenvalue weighted by Crippen LogP contribution is -2.39. The van der Waals surface area contributed by atoms with Crippen LogP contribution in [-0.2, 0) is 14.3 Å². The van der Waals surface area contributed by atoms with Gasteiger partial charge in [-0.2, -0.15) is 0 Å². The van der Waals surface area contributed by atoms with Gasteiger partial charge in [0.25, 0.3) is 5.91 Å². The molecule has 0 fully saturated rings. The summed E-state index contributed by atoms with van der Waals surface area (Å²) in [5.41, 5.74) is 1.35. The van der Waals surface area contributed by atoms with Gasteiger partial charge >= 0.3 is 5.97 Å². The fourth-order valence-electron chi connectivity index (χ4n) is 2.90. The van der Waals surface area contributed by atoms with Crippen LogP contribution in [0.25, 0.3) is 6.08 Å². The molecule has 0 aliphatic heterocycles. The quantitative estimate of drug-likeness (QED) is 0.461. The number of nitrogens with zero attached hydrogens (tertiary/aromatic N) is 1. The highest BCUT2D eigenvalue weighted by atomic mass is 16.5. The van der Waals surface area contributed by atoms with Crippen LogP contribution in [0.1, 0.15) is 19.4 Å². The van der Waals surface area contributed by atoms with E-state index in [0.29, 0.717) is 29.4 Å². The number of rotatable bonds is 9. The summed E-state index contributed by atoms with van der Waals surface area (Å²) in [5.74, 6) is 0.568. The number of anilines is 1. The number of esters is 1. The molecule has 0 heterocycles. The molecule has 0 aromatic heterocycles. The molecule has 2 rings (SSSR count). The molecule has 0 N–H and O–H groups in total. The number of likely N-dealkylation sites (N-methyl/N-ethyl adjacent to an activating group) is 1. The highest BCUT2D eigenvalue weighted by Crippen LogP contribution is 2.35. The van der Waals surface area contributed by atoms with E-state index < -0.39 is 12.1 Å². The molecule has 160 valence electrons. The van der Waals surface area contributed by atoms with Crippen molar-refractivity contribution in [1.82, 2.24) is 0 Å². The SMILES string of the molecule is CCN(C(=O)[C@@H](C)OC(=O)/C=C/c1cc(OC)c(OC)cc1OC)c1ccccc1. The highest BCUT2D eigenvalue weighted by Gasteiger charge is 2.23. The smallest absolute Gasteiger partial charge is 0.331 e. The van der Waals surface area contributed by atoms with Gasteiger partial charge in [0.15, 0.2) is 17.6 Å². The highest BCUT2D eigenvalue weighted by molar-refractivity contribution is 5.98. The van der Waals surface area contributed by atoms with E-state index in [1.165, 1.54) is 33.5 Å². The van der Waals surface area contributed by atoms with Gasteiger partial charge in [-0.25, -0.2) is 4.79 Å². The second kappa shape index (κ2) is 10.9. The predicted octanol–water partition coefficient (Wildman–Crippen LogP) is 3.71. The Hall–Kier alpha value is -3.48. The Balaban J connectivity index is 2.11. The Morgan fingerprint density at radius 2 is 1.57 bits per heavy atom. The Bertz CT molecular complexity index is 894. The van der Waals surface area contributed by atoms with Gasteiger partial charge in [-0.05, 0) is 38.1 Å². The largest absolute Gasteiger partial charge is 0.496 e. The molecular formula is C23H27NO6. The van der Waals surface area contributed by atoms with Gasteiger partial charge in [0, 0.05) is 29.9 Å². The van der Waals surface area contributed by atoms with Crippen molar-refractivity contribution in [2.75, 3.05) is 32.8 Å². The van der Waals surface area contributed by atoms with Crippen LogP contribution in [0.5, 0.6) is 17.2 Å². The second-order valence-corrected chi connectivity index (χ2v) is 6.28. The number of hydrogen-bond acceptors (Lipinski definition) is 6. The van der Waals surface area contributed by atoms with Crippen molar-refractivity contribution < 1.29 is 28.5 Å². The molecule has 0 radical (unpaired) electrons. The molecule has 2 aromatic rings. The van der Waals surface area contributed by atoms with Crippen molar-refractivity contribution in [2.45, 2.75) is 20.0 Å². The molecule has 2 aromatic carbocycles. The van der Waals surface area contributed by atoms with Crippen molar-refractivity contribution in [3.8, 4) is 17.2 Å². The molecule has 0 bridgehead atoms. The van der Waals surface area contributed by atoms with Gasteiger partial charge in [-0.1, -0.05) is 18.2 Å². The predicted molar refractivity (Wildman–Crippen MR) is 115 cm³/mol. The van der Waals surface area contributed by atoms with Crippen molar-refractivity contribution in [1.29, 1.82) is 0 Å². The van der Waals surface area contributed by atoms with Crippen molar-refractivity contribution in [3.05, 3.63) is 54.1 Å². The van der Waals surface area contributed by atoms with E-state index in [1.807, 2.05) is 37.3 Å². The van der Waals surface area contributed by atoms with Crippen LogP contribution in [0.4, 0.5) is 5.69 Å². The molecule has 0 unspecified atom stereocenters. The van der Waals surface area contributed by atoms with E-state index in [2.05, 4.69) is 0 Å². The number of amides is 1. The fourth-order valence-corrected chi connectivity index (χ4v) is 2.90. The minimum atomic E-state index is -0.936. The van der Waals surface area contributed by atoms with Crippen LogP contribution >= 0.6 is 0 Å². The Morgan fingerprint density at radius 3 is 2.13 bits per heavy atom. The zero-order valence-electron chi connectivity index (χ0n) is 17.9. The minimum Gasteiger partial charge on any atom is -0.496 e. The lowest BCUT2D eigenvalue weighted by Gasteiger charge is -2.24. The third-order valence-electron chi connectivity index (χ3n) is 4.43. The molecule has 0 saturated heterocycles.